The molecule has 2 rings (SSSR count). The summed E-state index contributed by atoms with van der Waals surface area (Å²) in [6, 6.07) is 14.4. The standard InChI is InChI=1S/C17H16N2O4S/c1-2-19-24(21,22)16-8-4-7-15(10-16)17(20)23-12-14-6-3-5-13(9-14)11-18/h3-10,19H,2,12H2,1H3. The number of carbonyl (C=O) groups excluding carboxylic acids is 1. The van der Waals surface area contributed by atoms with Crippen molar-refractivity contribution in [2.75, 3.05) is 6.54 Å². The molecular formula is C17H16N2O4S. The first-order valence-electron chi connectivity index (χ1n) is 7.22. The van der Waals surface area contributed by atoms with E-state index in [0.29, 0.717) is 11.1 Å². The minimum Gasteiger partial charge on any atom is -0.457 e. The van der Waals surface area contributed by atoms with Gasteiger partial charge in [-0.05, 0) is 35.9 Å². The van der Waals surface area contributed by atoms with E-state index in [4.69, 9.17) is 10.00 Å². The molecule has 0 aliphatic rings. The van der Waals surface area contributed by atoms with Gasteiger partial charge in [-0.2, -0.15) is 5.26 Å². The summed E-state index contributed by atoms with van der Waals surface area (Å²) >= 11 is 0. The smallest absolute Gasteiger partial charge is 0.338 e. The lowest BCUT2D eigenvalue weighted by Gasteiger charge is -2.08. The molecule has 0 heterocycles. The molecule has 2 aromatic rings. The minimum absolute atomic E-state index is 0.00145. The zero-order chi connectivity index (χ0) is 17.6. The Bertz CT molecular complexity index is 885. The van der Waals surface area contributed by atoms with Gasteiger partial charge in [0.05, 0.1) is 22.1 Å². The predicted octanol–water partition coefficient (Wildman–Crippen LogP) is 2.21. The number of hydrogen-bond acceptors (Lipinski definition) is 5. The first kappa shape index (κ1) is 17.7. The van der Waals surface area contributed by atoms with Crippen LogP contribution in [0.3, 0.4) is 0 Å². The maximum Gasteiger partial charge on any atom is 0.338 e. The predicted molar refractivity (Wildman–Crippen MR) is 87.6 cm³/mol. The number of carbonyl (C=O) groups is 1. The van der Waals surface area contributed by atoms with Crippen LogP contribution in [-0.4, -0.2) is 20.9 Å². The molecule has 0 saturated carbocycles. The van der Waals surface area contributed by atoms with Crippen molar-refractivity contribution >= 4 is 16.0 Å². The third-order valence-electron chi connectivity index (χ3n) is 3.14. The SMILES string of the molecule is CCNS(=O)(=O)c1cccc(C(=O)OCc2cccc(C#N)c2)c1. The lowest BCUT2D eigenvalue weighted by Crippen LogP contribution is -2.23. The maximum atomic E-state index is 12.1. The summed E-state index contributed by atoms with van der Waals surface area (Å²) in [7, 11) is -3.64. The molecule has 0 saturated heterocycles. The van der Waals surface area contributed by atoms with E-state index in [2.05, 4.69) is 4.72 Å². The van der Waals surface area contributed by atoms with Crippen LogP contribution in [0, 0.1) is 11.3 Å². The Morgan fingerprint density at radius 3 is 2.67 bits per heavy atom. The molecule has 0 radical (unpaired) electrons. The van der Waals surface area contributed by atoms with E-state index in [1.807, 2.05) is 6.07 Å². The summed E-state index contributed by atoms with van der Waals surface area (Å²) in [5.41, 5.74) is 1.30. The van der Waals surface area contributed by atoms with E-state index < -0.39 is 16.0 Å². The molecule has 0 amide bonds. The van der Waals surface area contributed by atoms with Crippen molar-refractivity contribution in [3.05, 3.63) is 65.2 Å². The van der Waals surface area contributed by atoms with E-state index in [-0.39, 0.29) is 23.6 Å². The lowest BCUT2D eigenvalue weighted by molar-refractivity contribution is 0.0472. The van der Waals surface area contributed by atoms with Crippen LogP contribution in [0.1, 0.15) is 28.4 Å². The first-order chi connectivity index (χ1) is 11.5. The van der Waals surface area contributed by atoms with E-state index in [1.54, 1.807) is 31.2 Å². The van der Waals surface area contributed by atoms with E-state index in [0.717, 1.165) is 0 Å². The van der Waals surface area contributed by atoms with Crippen molar-refractivity contribution in [2.24, 2.45) is 0 Å². The molecule has 0 unspecified atom stereocenters. The van der Waals surface area contributed by atoms with Crippen LogP contribution in [0.4, 0.5) is 0 Å². The highest BCUT2D eigenvalue weighted by atomic mass is 32.2. The molecule has 0 spiro atoms. The van der Waals surface area contributed by atoms with E-state index in [1.165, 1.54) is 24.3 Å². The van der Waals surface area contributed by atoms with E-state index in [9.17, 15) is 13.2 Å². The van der Waals surface area contributed by atoms with Crippen LogP contribution < -0.4 is 4.72 Å². The van der Waals surface area contributed by atoms with Crippen molar-refractivity contribution in [2.45, 2.75) is 18.4 Å². The third kappa shape index (κ3) is 4.41. The Morgan fingerprint density at radius 2 is 1.96 bits per heavy atom. The number of esters is 1. The molecule has 0 atom stereocenters. The molecule has 0 aliphatic carbocycles. The van der Waals surface area contributed by atoms with Gasteiger partial charge in [0.25, 0.3) is 0 Å². The van der Waals surface area contributed by atoms with Gasteiger partial charge in [-0.1, -0.05) is 25.1 Å². The lowest BCUT2D eigenvalue weighted by atomic mass is 10.1. The summed E-state index contributed by atoms with van der Waals surface area (Å²) in [6.45, 7) is 1.93. The van der Waals surface area contributed by atoms with Gasteiger partial charge in [0, 0.05) is 6.54 Å². The number of nitrogens with one attached hydrogen (secondary N) is 1. The number of rotatable bonds is 6. The average Bonchev–Trinajstić information content (AvgIpc) is 2.60. The van der Waals surface area contributed by atoms with E-state index >= 15 is 0 Å². The second-order valence-corrected chi connectivity index (χ2v) is 6.68. The molecule has 124 valence electrons. The second-order valence-electron chi connectivity index (χ2n) is 4.92. The summed E-state index contributed by atoms with van der Waals surface area (Å²) in [5, 5.41) is 8.85. The molecular weight excluding hydrogens is 328 g/mol. The highest BCUT2D eigenvalue weighted by molar-refractivity contribution is 7.89. The van der Waals surface area contributed by atoms with Crippen LogP contribution in [0.15, 0.2) is 53.4 Å². The average molecular weight is 344 g/mol. The number of hydrogen-bond donors (Lipinski definition) is 1. The van der Waals surface area contributed by atoms with Gasteiger partial charge in [-0.25, -0.2) is 17.9 Å². The van der Waals surface area contributed by atoms with Crippen molar-refractivity contribution in [1.82, 2.24) is 4.72 Å². The zero-order valence-electron chi connectivity index (χ0n) is 13.0. The first-order valence-corrected chi connectivity index (χ1v) is 8.70. The summed E-state index contributed by atoms with van der Waals surface area (Å²) in [6.07, 6.45) is 0. The highest BCUT2D eigenvalue weighted by Gasteiger charge is 2.16. The Balaban J connectivity index is 2.11. The van der Waals surface area contributed by atoms with Crippen LogP contribution in [-0.2, 0) is 21.4 Å². The van der Waals surface area contributed by atoms with Gasteiger partial charge < -0.3 is 4.74 Å². The third-order valence-corrected chi connectivity index (χ3v) is 4.68. The molecule has 0 bridgehead atoms. The topological polar surface area (TPSA) is 96.3 Å². The molecule has 6 nitrogen and oxygen atoms in total. The normalized spacial score (nSPS) is 10.8. The number of benzene rings is 2. The molecule has 1 N–H and O–H groups in total. The zero-order valence-corrected chi connectivity index (χ0v) is 13.8. The fourth-order valence-corrected chi connectivity index (χ4v) is 3.11. The fraction of sp³-hybridized carbons (Fsp3) is 0.176. The molecule has 2 aromatic carbocycles. The Labute approximate surface area is 140 Å². The van der Waals surface area contributed by atoms with Crippen molar-refractivity contribution in [3.8, 4) is 6.07 Å². The van der Waals surface area contributed by atoms with Gasteiger partial charge in [0.1, 0.15) is 6.61 Å². The van der Waals surface area contributed by atoms with Crippen molar-refractivity contribution < 1.29 is 17.9 Å². The van der Waals surface area contributed by atoms with Gasteiger partial charge >= 0.3 is 5.97 Å². The molecule has 0 aliphatic heterocycles. The van der Waals surface area contributed by atoms with Gasteiger partial charge in [-0.3, -0.25) is 0 Å². The number of nitrogens with zero attached hydrogens (tertiary/aromatic N) is 1. The Hall–Kier alpha value is -2.69. The van der Waals surface area contributed by atoms with Gasteiger partial charge in [0.15, 0.2) is 0 Å². The highest BCUT2D eigenvalue weighted by Crippen LogP contribution is 2.13. The van der Waals surface area contributed by atoms with Crippen molar-refractivity contribution in [3.63, 3.8) is 0 Å². The molecule has 0 aromatic heterocycles. The Morgan fingerprint density at radius 1 is 1.21 bits per heavy atom. The molecule has 0 fully saturated rings. The van der Waals surface area contributed by atoms with Crippen LogP contribution in [0.5, 0.6) is 0 Å². The summed E-state index contributed by atoms with van der Waals surface area (Å²) in [5.74, 6) is -0.633. The van der Waals surface area contributed by atoms with Crippen LogP contribution in [0.2, 0.25) is 0 Å². The summed E-state index contributed by atoms with van der Waals surface area (Å²) < 4.78 is 31.5. The number of ether oxygens (including phenoxy) is 1. The number of nitriles is 1. The van der Waals surface area contributed by atoms with Crippen LogP contribution >= 0.6 is 0 Å². The minimum atomic E-state index is -3.64. The number of sulfonamides is 1. The second kappa shape index (κ2) is 7.73. The molecule has 7 heteroatoms. The largest absolute Gasteiger partial charge is 0.457 e. The Kier molecular flexibility index (Phi) is 5.68. The summed E-state index contributed by atoms with van der Waals surface area (Å²) in [4.78, 5) is 12.1. The quantitative estimate of drug-likeness (QED) is 0.811. The monoisotopic (exact) mass is 344 g/mol. The van der Waals surface area contributed by atoms with Gasteiger partial charge in [-0.15, -0.1) is 0 Å². The molecule has 24 heavy (non-hydrogen) atoms. The maximum absolute atomic E-state index is 12.1. The fourth-order valence-electron chi connectivity index (χ4n) is 2.03. The van der Waals surface area contributed by atoms with Gasteiger partial charge in [0.2, 0.25) is 10.0 Å². The van der Waals surface area contributed by atoms with Crippen LogP contribution in [0.25, 0.3) is 0 Å². The van der Waals surface area contributed by atoms with Crippen molar-refractivity contribution in [1.29, 1.82) is 5.26 Å².